The Morgan fingerprint density at radius 2 is 2.31 bits per heavy atom. The number of methoxy groups -OCH3 is 1. The van der Waals surface area contributed by atoms with Crippen molar-refractivity contribution in [3.63, 3.8) is 0 Å². The third kappa shape index (κ3) is 3.42. The Balaban J connectivity index is 2.55. The molecule has 0 aliphatic rings. The fraction of sp³-hybridized carbons (Fsp3) is 0.455. The summed E-state index contributed by atoms with van der Waals surface area (Å²) in [5.74, 6) is 1.30. The summed E-state index contributed by atoms with van der Waals surface area (Å²) in [5, 5.41) is 5.73. The van der Waals surface area contributed by atoms with Gasteiger partial charge in [0, 0.05) is 6.54 Å². The largest absolute Gasteiger partial charge is 0.495 e. The van der Waals surface area contributed by atoms with Crippen LogP contribution in [-0.2, 0) is 4.79 Å². The van der Waals surface area contributed by atoms with E-state index in [0.717, 1.165) is 0 Å². The first-order valence-corrected chi connectivity index (χ1v) is 5.21. The molecule has 1 aromatic heterocycles. The van der Waals surface area contributed by atoms with Crippen molar-refractivity contribution in [3.05, 3.63) is 18.3 Å². The highest BCUT2D eigenvalue weighted by atomic mass is 16.5. The molecule has 5 nitrogen and oxygen atoms in total. The molecule has 5 heteroatoms. The molecule has 0 bridgehead atoms. The van der Waals surface area contributed by atoms with E-state index in [9.17, 15) is 4.79 Å². The molecule has 0 aliphatic heterocycles. The molecule has 0 aliphatic carbocycles. The molecule has 1 atom stereocenters. The highest BCUT2D eigenvalue weighted by molar-refractivity contribution is 5.83. The van der Waals surface area contributed by atoms with Gasteiger partial charge < -0.3 is 15.4 Å². The number of nitrogens with one attached hydrogen (secondary N) is 2. The van der Waals surface area contributed by atoms with Crippen molar-refractivity contribution < 1.29 is 9.53 Å². The van der Waals surface area contributed by atoms with E-state index in [1.165, 1.54) is 0 Å². The van der Waals surface area contributed by atoms with Crippen molar-refractivity contribution in [2.75, 3.05) is 19.0 Å². The van der Waals surface area contributed by atoms with E-state index in [4.69, 9.17) is 4.74 Å². The Labute approximate surface area is 95.2 Å². The van der Waals surface area contributed by atoms with Crippen LogP contribution in [0.1, 0.15) is 13.8 Å². The first-order chi connectivity index (χ1) is 7.67. The second kappa shape index (κ2) is 5.95. The van der Waals surface area contributed by atoms with Gasteiger partial charge in [0.05, 0.1) is 13.3 Å². The minimum atomic E-state index is -0.305. The SMILES string of the molecule is CCNC(=O)C(C)Nc1ccc(OC)cn1. The minimum Gasteiger partial charge on any atom is -0.495 e. The average molecular weight is 223 g/mol. The van der Waals surface area contributed by atoms with Gasteiger partial charge in [0.25, 0.3) is 0 Å². The zero-order valence-electron chi connectivity index (χ0n) is 9.78. The lowest BCUT2D eigenvalue weighted by Gasteiger charge is -2.13. The number of hydrogen-bond donors (Lipinski definition) is 2. The number of rotatable bonds is 5. The standard InChI is InChI=1S/C11H17N3O2/c1-4-12-11(15)8(2)14-10-6-5-9(16-3)7-13-10/h5-8H,4H2,1-3H3,(H,12,15)(H,13,14). The maximum absolute atomic E-state index is 11.4. The third-order valence-corrected chi connectivity index (χ3v) is 2.08. The van der Waals surface area contributed by atoms with E-state index < -0.39 is 0 Å². The van der Waals surface area contributed by atoms with Crippen LogP contribution in [0.5, 0.6) is 5.75 Å². The Bertz CT molecular complexity index is 338. The molecule has 0 saturated carbocycles. The number of aromatic nitrogens is 1. The molecule has 1 aromatic rings. The number of pyridine rings is 1. The topological polar surface area (TPSA) is 63.2 Å². The van der Waals surface area contributed by atoms with E-state index in [-0.39, 0.29) is 11.9 Å². The molecule has 1 unspecified atom stereocenters. The fourth-order valence-electron chi connectivity index (χ4n) is 1.20. The summed E-state index contributed by atoms with van der Waals surface area (Å²) in [6, 6.07) is 3.26. The van der Waals surface area contributed by atoms with Gasteiger partial charge in [0.1, 0.15) is 17.6 Å². The van der Waals surface area contributed by atoms with Crippen LogP contribution in [0.15, 0.2) is 18.3 Å². The number of anilines is 1. The van der Waals surface area contributed by atoms with Crippen LogP contribution in [0.25, 0.3) is 0 Å². The molecule has 0 saturated heterocycles. The molecule has 1 amide bonds. The monoisotopic (exact) mass is 223 g/mol. The van der Waals surface area contributed by atoms with Gasteiger partial charge in [-0.15, -0.1) is 0 Å². The summed E-state index contributed by atoms with van der Waals surface area (Å²) in [6.07, 6.45) is 1.60. The van der Waals surface area contributed by atoms with E-state index in [2.05, 4.69) is 15.6 Å². The predicted molar refractivity (Wildman–Crippen MR) is 62.6 cm³/mol. The summed E-state index contributed by atoms with van der Waals surface area (Å²) >= 11 is 0. The highest BCUT2D eigenvalue weighted by Crippen LogP contribution is 2.11. The molecule has 1 heterocycles. The zero-order chi connectivity index (χ0) is 12.0. The fourth-order valence-corrected chi connectivity index (χ4v) is 1.20. The van der Waals surface area contributed by atoms with Crippen molar-refractivity contribution in [3.8, 4) is 5.75 Å². The Kier molecular flexibility index (Phi) is 4.57. The molecule has 2 N–H and O–H groups in total. The summed E-state index contributed by atoms with van der Waals surface area (Å²) in [6.45, 7) is 4.30. The van der Waals surface area contributed by atoms with Crippen LogP contribution < -0.4 is 15.4 Å². The van der Waals surface area contributed by atoms with Crippen LogP contribution in [0.4, 0.5) is 5.82 Å². The molecular formula is C11H17N3O2. The first-order valence-electron chi connectivity index (χ1n) is 5.21. The van der Waals surface area contributed by atoms with Crippen LogP contribution in [-0.4, -0.2) is 30.6 Å². The summed E-state index contributed by atoms with van der Waals surface area (Å²) in [7, 11) is 1.58. The van der Waals surface area contributed by atoms with E-state index in [1.54, 1.807) is 32.4 Å². The number of ether oxygens (including phenoxy) is 1. The molecule has 1 rings (SSSR count). The number of carbonyl (C=O) groups excluding carboxylic acids is 1. The van der Waals surface area contributed by atoms with Crippen LogP contribution in [0, 0.1) is 0 Å². The molecular weight excluding hydrogens is 206 g/mol. The van der Waals surface area contributed by atoms with Crippen LogP contribution >= 0.6 is 0 Å². The third-order valence-electron chi connectivity index (χ3n) is 2.08. The molecule has 16 heavy (non-hydrogen) atoms. The minimum absolute atomic E-state index is 0.0416. The van der Waals surface area contributed by atoms with Gasteiger partial charge in [-0.05, 0) is 26.0 Å². The zero-order valence-corrected chi connectivity index (χ0v) is 9.78. The van der Waals surface area contributed by atoms with Crippen LogP contribution in [0.3, 0.4) is 0 Å². The lowest BCUT2D eigenvalue weighted by atomic mass is 10.3. The van der Waals surface area contributed by atoms with Crippen molar-refractivity contribution >= 4 is 11.7 Å². The first kappa shape index (κ1) is 12.3. The van der Waals surface area contributed by atoms with E-state index >= 15 is 0 Å². The number of carbonyl (C=O) groups is 1. The van der Waals surface area contributed by atoms with Gasteiger partial charge in [0.2, 0.25) is 5.91 Å². The van der Waals surface area contributed by atoms with Gasteiger partial charge in [-0.2, -0.15) is 0 Å². The quantitative estimate of drug-likeness (QED) is 0.782. The van der Waals surface area contributed by atoms with E-state index in [0.29, 0.717) is 18.1 Å². The molecule has 0 fully saturated rings. The summed E-state index contributed by atoms with van der Waals surface area (Å²) < 4.78 is 4.99. The molecule has 0 radical (unpaired) electrons. The molecule has 0 spiro atoms. The highest BCUT2D eigenvalue weighted by Gasteiger charge is 2.11. The number of hydrogen-bond acceptors (Lipinski definition) is 4. The lowest BCUT2D eigenvalue weighted by molar-refractivity contribution is -0.121. The van der Waals surface area contributed by atoms with Gasteiger partial charge in [0.15, 0.2) is 0 Å². The van der Waals surface area contributed by atoms with Gasteiger partial charge in [-0.1, -0.05) is 0 Å². The van der Waals surface area contributed by atoms with E-state index in [1.807, 2.05) is 6.92 Å². The van der Waals surface area contributed by atoms with Crippen LogP contribution in [0.2, 0.25) is 0 Å². The number of likely N-dealkylation sites (N-methyl/N-ethyl adjacent to an activating group) is 1. The van der Waals surface area contributed by atoms with Crippen molar-refractivity contribution in [2.24, 2.45) is 0 Å². The number of amides is 1. The Hall–Kier alpha value is -1.78. The smallest absolute Gasteiger partial charge is 0.242 e. The second-order valence-corrected chi connectivity index (χ2v) is 3.34. The lowest BCUT2D eigenvalue weighted by Crippen LogP contribution is -2.37. The Morgan fingerprint density at radius 1 is 1.56 bits per heavy atom. The van der Waals surface area contributed by atoms with Gasteiger partial charge in [-0.3, -0.25) is 4.79 Å². The predicted octanol–water partition coefficient (Wildman–Crippen LogP) is 1.03. The van der Waals surface area contributed by atoms with Crippen molar-refractivity contribution in [1.82, 2.24) is 10.3 Å². The maximum atomic E-state index is 11.4. The molecule has 0 aromatic carbocycles. The van der Waals surface area contributed by atoms with Gasteiger partial charge in [-0.25, -0.2) is 4.98 Å². The summed E-state index contributed by atoms with van der Waals surface area (Å²) in [5.41, 5.74) is 0. The maximum Gasteiger partial charge on any atom is 0.242 e. The van der Waals surface area contributed by atoms with Crippen molar-refractivity contribution in [1.29, 1.82) is 0 Å². The molecule has 88 valence electrons. The summed E-state index contributed by atoms with van der Waals surface area (Å²) in [4.78, 5) is 15.6. The number of nitrogens with zero attached hydrogens (tertiary/aromatic N) is 1. The normalized spacial score (nSPS) is 11.7. The Morgan fingerprint density at radius 3 is 2.81 bits per heavy atom. The average Bonchev–Trinajstić information content (AvgIpc) is 2.30. The second-order valence-electron chi connectivity index (χ2n) is 3.34. The van der Waals surface area contributed by atoms with Gasteiger partial charge >= 0.3 is 0 Å². The van der Waals surface area contributed by atoms with Crippen molar-refractivity contribution in [2.45, 2.75) is 19.9 Å².